The number of esters is 1. The Bertz CT molecular complexity index is 996. The number of carbonyl (C=O) groups excluding carboxylic acids is 2. The number of ether oxygens (including phenoxy) is 1. The summed E-state index contributed by atoms with van der Waals surface area (Å²) in [5.74, 6) is -0.680. The average molecular weight is 381 g/mol. The van der Waals surface area contributed by atoms with Crippen LogP contribution in [0.25, 0.3) is 22.4 Å². The molecule has 0 fully saturated rings. The predicted molar refractivity (Wildman–Crippen MR) is 105 cm³/mol. The molecule has 0 radical (unpaired) electrons. The lowest BCUT2D eigenvalue weighted by molar-refractivity contribution is -0.125. The van der Waals surface area contributed by atoms with Crippen LogP contribution in [-0.2, 0) is 9.53 Å². The molecule has 1 unspecified atom stereocenters. The van der Waals surface area contributed by atoms with Gasteiger partial charge in [-0.25, -0.2) is 9.78 Å². The Morgan fingerprint density at radius 1 is 1.18 bits per heavy atom. The Morgan fingerprint density at radius 2 is 1.89 bits per heavy atom. The van der Waals surface area contributed by atoms with Crippen LogP contribution in [0.15, 0.2) is 40.9 Å². The number of fused-ring (bicyclic) bond motifs is 1. The van der Waals surface area contributed by atoms with E-state index in [1.165, 1.54) is 0 Å². The van der Waals surface area contributed by atoms with Crippen molar-refractivity contribution in [3.63, 3.8) is 0 Å². The first-order chi connectivity index (χ1) is 13.4. The Balaban J connectivity index is 1.86. The summed E-state index contributed by atoms with van der Waals surface area (Å²) in [6.45, 7) is 7.28. The van der Waals surface area contributed by atoms with Crippen LogP contribution in [0.2, 0.25) is 0 Å². The van der Waals surface area contributed by atoms with Crippen LogP contribution in [0.5, 0.6) is 0 Å². The molecule has 0 aliphatic heterocycles. The van der Waals surface area contributed by atoms with Gasteiger partial charge in [-0.3, -0.25) is 4.79 Å². The second kappa shape index (κ2) is 8.21. The minimum Gasteiger partial charge on any atom is -0.452 e. The first-order valence-electron chi connectivity index (χ1n) is 9.15. The zero-order chi connectivity index (χ0) is 20.3. The Labute approximate surface area is 163 Å². The zero-order valence-electron chi connectivity index (χ0n) is 16.4. The molecule has 28 heavy (non-hydrogen) atoms. The lowest BCUT2D eigenvalue weighted by Crippen LogP contribution is -2.38. The molecule has 3 rings (SSSR count). The normalized spacial score (nSPS) is 12.2. The van der Waals surface area contributed by atoms with Gasteiger partial charge in [0.2, 0.25) is 0 Å². The van der Waals surface area contributed by atoms with Crippen molar-refractivity contribution in [3.8, 4) is 11.3 Å². The molecule has 1 aromatic carbocycles. The average Bonchev–Trinajstić information content (AvgIpc) is 3.07. The smallest absolute Gasteiger partial charge is 0.339 e. The summed E-state index contributed by atoms with van der Waals surface area (Å²) in [5.41, 5.74) is 2.45. The molecule has 0 saturated carbocycles. The third-order valence-electron chi connectivity index (χ3n) is 4.63. The second-order valence-corrected chi connectivity index (χ2v) is 7.05. The molecule has 0 bridgehead atoms. The molecule has 0 aliphatic carbocycles. The van der Waals surface area contributed by atoms with Gasteiger partial charge in [0.15, 0.2) is 6.61 Å². The third-order valence-corrected chi connectivity index (χ3v) is 4.63. The van der Waals surface area contributed by atoms with Crippen molar-refractivity contribution >= 4 is 23.0 Å². The fourth-order valence-electron chi connectivity index (χ4n) is 2.68. The van der Waals surface area contributed by atoms with Gasteiger partial charge in [0, 0.05) is 11.6 Å². The summed E-state index contributed by atoms with van der Waals surface area (Å²) in [4.78, 5) is 29.2. The molecule has 1 amide bonds. The summed E-state index contributed by atoms with van der Waals surface area (Å²) >= 11 is 0. The van der Waals surface area contributed by atoms with Crippen LogP contribution in [-0.4, -0.2) is 34.7 Å². The molecular formula is C21H23N3O4. The number of rotatable bonds is 6. The summed E-state index contributed by atoms with van der Waals surface area (Å²) in [7, 11) is 0. The van der Waals surface area contributed by atoms with Crippen LogP contribution in [0.3, 0.4) is 0 Å². The van der Waals surface area contributed by atoms with E-state index in [9.17, 15) is 9.59 Å². The Hall–Kier alpha value is -3.22. The highest BCUT2D eigenvalue weighted by Crippen LogP contribution is 2.27. The first-order valence-corrected chi connectivity index (χ1v) is 9.15. The van der Waals surface area contributed by atoms with Gasteiger partial charge in [-0.1, -0.05) is 49.3 Å². The summed E-state index contributed by atoms with van der Waals surface area (Å²) < 4.78 is 10.5. The quantitative estimate of drug-likeness (QED) is 0.657. The molecule has 0 saturated heterocycles. The van der Waals surface area contributed by atoms with E-state index < -0.39 is 5.97 Å². The van der Waals surface area contributed by atoms with Crippen LogP contribution < -0.4 is 5.32 Å². The number of pyridine rings is 1. The van der Waals surface area contributed by atoms with E-state index in [1.807, 2.05) is 51.1 Å². The summed E-state index contributed by atoms with van der Waals surface area (Å²) in [6, 6.07) is 11.0. The molecule has 1 atom stereocenters. The Kier molecular flexibility index (Phi) is 5.73. The number of hydrogen-bond donors (Lipinski definition) is 1. The minimum atomic E-state index is -0.622. The highest BCUT2D eigenvalue weighted by atomic mass is 16.5. The topological polar surface area (TPSA) is 94.3 Å². The van der Waals surface area contributed by atoms with E-state index in [0.717, 1.165) is 5.56 Å². The van der Waals surface area contributed by atoms with Gasteiger partial charge >= 0.3 is 5.97 Å². The summed E-state index contributed by atoms with van der Waals surface area (Å²) in [5, 5.41) is 7.20. The van der Waals surface area contributed by atoms with Gasteiger partial charge in [0.25, 0.3) is 11.6 Å². The molecule has 7 nitrogen and oxygen atoms in total. The van der Waals surface area contributed by atoms with Crippen molar-refractivity contribution in [2.75, 3.05) is 6.61 Å². The Morgan fingerprint density at radius 3 is 2.57 bits per heavy atom. The van der Waals surface area contributed by atoms with Crippen LogP contribution in [0.1, 0.15) is 36.8 Å². The van der Waals surface area contributed by atoms with Gasteiger partial charge in [-0.05, 0) is 25.8 Å². The van der Waals surface area contributed by atoms with Crippen LogP contribution in [0.4, 0.5) is 0 Å². The maximum atomic E-state index is 12.7. The molecule has 1 N–H and O–H groups in total. The standard InChI is InChI=1S/C21H23N3O4/c1-12(2)13(3)22-18(25)11-27-21(26)16-10-17(15-8-6-5-7-9-15)23-20-19(16)14(4)24-28-20/h5-10,12-13H,11H2,1-4H3,(H,22,25). The monoisotopic (exact) mass is 381 g/mol. The molecule has 2 heterocycles. The molecule has 3 aromatic rings. The molecule has 2 aromatic heterocycles. The number of aromatic nitrogens is 2. The number of nitrogens with zero attached hydrogens (tertiary/aromatic N) is 2. The van der Waals surface area contributed by atoms with Crippen LogP contribution in [0, 0.1) is 12.8 Å². The maximum absolute atomic E-state index is 12.7. The van der Waals surface area contributed by atoms with Gasteiger partial charge < -0.3 is 14.6 Å². The predicted octanol–water partition coefficient (Wildman–Crippen LogP) is 3.52. The minimum absolute atomic E-state index is 0.0103. The van der Waals surface area contributed by atoms with E-state index in [4.69, 9.17) is 9.26 Å². The van der Waals surface area contributed by atoms with E-state index in [-0.39, 0.29) is 35.8 Å². The molecule has 7 heteroatoms. The fourth-order valence-corrected chi connectivity index (χ4v) is 2.68. The van der Waals surface area contributed by atoms with Gasteiger partial charge in [-0.15, -0.1) is 0 Å². The van der Waals surface area contributed by atoms with Crippen LogP contribution >= 0.6 is 0 Å². The number of aryl methyl sites for hydroxylation is 1. The third kappa shape index (κ3) is 4.19. The van der Waals surface area contributed by atoms with E-state index in [0.29, 0.717) is 16.8 Å². The highest BCUT2D eigenvalue weighted by molar-refractivity contribution is 6.04. The fraction of sp³-hybridized carbons (Fsp3) is 0.333. The second-order valence-electron chi connectivity index (χ2n) is 7.05. The molecule has 0 spiro atoms. The number of carbonyl (C=O) groups is 2. The first kappa shape index (κ1) is 19.5. The van der Waals surface area contributed by atoms with Crippen molar-refractivity contribution in [1.82, 2.24) is 15.5 Å². The lowest BCUT2D eigenvalue weighted by Gasteiger charge is -2.17. The number of nitrogens with one attached hydrogen (secondary N) is 1. The van der Waals surface area contributed by atoms with Gasteiger partial charge in [0.05, 0.1) is 22.3 Å². The largest absolute Gasteiger partial charge is 0.452 e. The SMILES string of the molecule is Cc1noc2nc(-c3ccccc3)cc(C(=O)OCC(=O)NC(C)C(C)C)c12. The van der Waals surface area contributed by atoms with Crippen molar-refractivity contribution in [1.29, 1.82) is 0 Å². The zero-order valence-corrected chi connectivity index (χ0v) is 16.4. The highest BCUT2D eigenvalue weighted by Gasteiger charge is 2.21. The molecular weight excluding hydrogens is 358 g/mol. The van der Waals surface area contributed by atoms with E-state index >= 15 is 0 Å². The summed E-state index contributed by atoms with van der Waals surface area (Å²) in [6.07, 6.45) is 0. The van der Waals surface area contributed by atoms with Crippen molar-refractivity contribution < 1.29 is 18.8 Å². The van der Waals surface area contributed by atoms with Gasteiger partial charge in [-0.2, -0.15) is 0 Å². The molecule has 146 valence electrons. The van der Waals surface area contributed by atoms with Gasteiger partial charge in [0.1, 0.15) is 0 Å². The van der Waals surface area contributed by atoms with E-state index in [1.54, 1.807) is 13.0 Å². The lowest BCUT2D eigenvalue weighted by atomic mass is 10.1. The number of amides is 1. The van der Waals surface area contributed by atoms with E-state index in [2.05, 4.69) is 15.5 Å². The maximum Gasteiger partial charge on any atom is 0.339 e. The molecule has 0 aliphatic rings. The van der Waals surface area contributed by atoms with Crippen molar-refractivity contribution in [2.45, 2.75) is 33.7 Å². The number of benzene rings is 1. The van der Waals surface area contributed by atoms with Crippen molar-refractivity contribution in [3.05, 3.63) is 47.7 Å². The van der Waals surface area contributed by atoms with Crippen molar-refractivity contribution in [2.24, 2.45) is 5.92 Å². The number of hydrogen-bond acceptors (Lipinski definition) is 6.